The van der Waals surface area contributed by atoms with Crippen LogP contribution in [0.4, 0.5) is 5.82 Å². The number of rotatable bonds is 3. The van der Waals surface area contributed by atoms with Crippen LogP contribution in [0.5, 0.6) is 5.75 Å². The van der Waals surface area contributed by atoms with Gasteiger partial charge in [0.05, 0.1) is 10.8 Å². The molecule has 0 aliphatic carbocycles. The number of hydrogen-bond acceptors (Lipinski definition) is 6. The molecule has 1 aromatic carbocycles. The summed E-state index contributed by atoms with van der Waals surface area (Å²) in [5.41, 5.74) is 8.53. The molecule has 0 amide bonds. The lowest BCUT2D eigenvalue weighted by molar-refractivity contribution is -0.142. The summed E-state index contributed by atoms with van der Waals surface area (Å²) >= 11 is 0. The van der Waals surface area contributed by atoms with Crippen LogP contribution in [0.1, 0.15) is 39.7 Å². The molecule has 0 saturated carbocycles. The number of fused-ring (bicyclic) bond motifs is 1. The van der Waals surface area contributed by atoms with Crippen LogP contribution in [0.25, 0.3) is 22.2 Å². The summed E-state index contributed by atoms with van der Waals surface area (Å²) < 4.78 is 7.71. The number of carbonyl (C=O) groups is 1. The molecule has 0 atom stereocenters. The van der Waals surface area contributed by atoms with Gasteiger partial charge >= 0.3 is 5.97 Å². The fourth-order valence-electron chi connectivity index (χ4n) is 3.65. The third-order valence-corrected chi connectivity index (χ3v) is 5.33. The molecule has 1 saturated heterocycles. The molecule has 3 heterocycles. The van der Waals surface area contributed by atoms with E-state index in [0.717, 1.165) is 48.1 Å². The van der Waals surface area contributed by atoms with Gasteiger partial charge in [0.2, 0.25) is 0 Å². The second-order valence-corrected chi connectivity index (χ2v) is 8.55. The largest absolute Gasteiger partial charge is 0.426 e. The van der Waals surface area contributed by atoms with Crippen LogP contribution in [0.15, 0.2) is 36.8 Å². The first-order valence-corrected chi connectivity index (χ1v) is 9.99. The number of aromatic nitrogens is 3. The van der Waals surface area contributed by atoms with Gasteiger partial charge in [-0.05, 0) is 64.4 Å². The fraction of sp³-hybridized carbons (Fsp3) is 0.409. The van der Waals surface area contributed by atoms with E-state index in [9.17, 15) is 4.79 Å². The zero-order valence-corrected chi connectivity index (χ0v) is 17.1. The second-order valence-electron chi connectivity index (χ2n) is 8.55. The number of nitrogen functional groups attached to an aromatic ring is 1. The first kappa shape index (κ1) is 19.4. The zero-order valence-electron chi connectivity index (χ0n) is 17.1. The molecule has 4 rings (SSSR count). The average molecular weight is 393 g/mol. The Morgan fingerprint density at radius 2 is 1.86 bits per heavy atom. The van der Waals surface area contributed by atoms with Gasteiger partial charge in [-0.25, -0.2) is 9.97 Å². The highest BCUT2D eigenvalue weighted by atomic mass is 16.5. The number of ether oxygens (including phenoxy) is 1. The zero-order chi connectivity index (χ0) is 20.6. The van der Waals surface area contributed by atoms with Gasteiger partial charge in [0.25, 0.3) is 0 Å². The third kappa shape index (κ3) is 3.82. The number of anilines is 1. The average Bonchev–Trinajstić information content (AvgIpc) is 3.09. The number of nitrogens with zero attached hydrogens (tertiary/aromatic N) is 3. The summed E-state index contributed by atoms with van der Waals surface area (Å²) in [7, 11) is 0. The summed E-state index contributed by atoms with van der Waals surface area (Å²) in [5, 5.41) is 4.27. The number of benzene rings is 1. The Labute approximate surface area is 170 Å². The van der Waals surface area contributed by atoms with Crippen LogP contribution in [-0.2, 0) is 4.79 Å². The molecular formula is C22H27N5O2. The van der Waals surface area contributed by atoms with E-state index in [4.69, 9.17) is 10.5 Å². The molecule has 7 heteroatoms. The van der Waals surface area contributed by atoms with Gasteiger partial charge in [0, 0.05) is 17.8 Å². The smallest absolute Gasteiger partial charge is 0.316 e. The minimum absolute atomic E-state index is 0.259. The van der Waals surface area contributed by atoms with Crippen molar-refractivity contribution in [1.29, 1.82) is 0 Å². The predicted octanol–water partition coefficient (Wildman–Crippen LogP) is 3.56. The lowest BCUT2D eigenvalue weighted by atomic mass is 9.97. The maximum atomic E-state index is 12.1. The Bertz CT molecular complexity index is 1030. The normalized spacial score (nSPS) is 15.6. The molecule has 0 unspecified atom stereocenters. The first-order chi connectivity index (χ1) is 13.8. The summed E-state index contributed by atoms with van der Waals surface area (Å²) in [5.74, 6) is 0.742. The van der Waals surface area contributed by atoms with Crippen molar-refractivity contribution in [1.82, 2.24) is 19.9 Å². The third-order valence-electron chi connectivity index (χ3n) is 5.33. The van der Waals surface area contributed by atoms with E-state index in [2.05, 4.69) is 26.0 Å². The van der Waals surface area contributed by atoms with Crippen LogP contribution in [-0.4, -0.2) is 33.6 Å². The van der Waals surface area contributed by atoms with E-state index in [-0.39, 0.29) is 5.97 Å². The van der Waals surface area contributed by atoms with E-state index in [0.29, 0.717) is 17.6 Å². The summed E-state index contributed by atoms with van der Waals surface area (Å²) in [4.78, 5) is 20.9. The molecule has 152 valence electrons. The minimum atomic E-state index is -0.549. The molecular weight excluding hydrogens is 366 g/mol. The second kappa shape index (κ2) is 7.48. The Morgan fingerprint density at radius 1 is 1.17 bits per heavy atom. The van der Waals surface area contributed by atoms with Crippen LogP contribution in [0.2, 0.25) is 0 Å². The van der Waals surface area contributed by atoms with E-state index in [1.165, 1.54) is 6.33 Å². The van der Waals surface area contributed by atoms with E-state index < -0.39 is 5.41 Å². The van der Waals surface area contributed by atoms with Crippen LogP contribution >= 0.6 is 0 Å². The van der Waals surface area contributed by atoms with Gasteiger partial charge in [0.15, 0.2) is 0 Å². The highest BCUT2D eigenvalue weighted by molar-refractivity contribution is 6.00. The number of nitrogens with two attached hydrogens (primary N) is 1. The topological polar surface area (TPSA) is 95.1 Å². The summed E-state index contributed by atoms with van der Waals surface area (Å²) in [6.07, 6.45) is 5.75. The lowest BCUT2D eigenvalue weighted by Crippen LogP contribution is -2.29. The van der Waals surface area contributed by atoms with Gasteiger partial charge < -0.3 is 20.4 Å². The highest BCUT2D eigenvalue weighted by Gasteiger charge is 2.24. The summed E-state index contributed by atoms with van der Waals surface area (Å²) in [6, 6.07) is 7.89. The van der Waals surface area contributed by atoms with Crippen molar-refractivity contribution in [2.45, 2.75) is 39.7 Å². The fourth-order valence-corrected chi connectivity index (χ4v) is 3.65. The molecule has 1 fully saturated rings. The van der Waals surface area contributed by atoms with Crippen molar-refractivity contribution < 1.29 is 9.53 Å². The van der Waals surface area contributed by atoms with E-state index in [1.54, 1.807) is 0 Å². The quantitative estimate of drug-likeness (QED) is 0.522. The van der Waals surface area contributed by atoms with E-state index >= 15 is 0 Å². The van der Waals surface area contributed by atoms with Gasteiger partial charge in [0.1, 0.15) is 23.5 Å². The molecule has 1 aliphatic rings. The molecule has 0 spiro atoms. The Hall–Kier alpha value is -2.93. The van der Waals surface area contributed by atoms with Crippen LogP contribution in [0, 0.1) is 5.41 Å². The number of piperidine rings is 1. The molecule has 2 aromatic heterocycles. The highest BCUT2D eigenvalue weighted by Crippen LogP contribution is 2.36. The van der Waals surface area contributed by atoms with Crippen molar-refractivity contribution in [3.63, 3.8) is 0 Å². The molecule has 29 heavy (non-hydrogen) atoms. The molecule has 3 N–H and O–H groups in total. The predicted molar refractivity (Wildman–Crippen MR) is 114 cm³/mol. The molecule has 3 aromatic rings. The van der Waals surface area contributed by atoms with Crippen molar-refractivity contribution in [3.05, 3.63) is 36.8 Å². The minimum Gasteiger partial charge on any atom is -0.426 e. The maximum Gasteiger partial charge on any atom is 0.316 e. The Balaban J connectivity index is 1.71. The van der Waals surface area contributed by atoms with Gasteiger partial charge in [-0.15, -0.1) is 0 Å². The SMILES string of the molecule is CC(C)(C)C(=O)Oc1ccc(-c2cn(C3CCNCC3)c3ncnc(N)c23)cc1. The van der Waals surface area contributed by atoms with Gasteiger partial charge in [-0.1, -0.05) is 12.1 Å². The number of carbonyl (C=O) groups excluding carboxylic acids is 1. The molecule has 7 nitrogen and oxygen atoms in total. The van der Waals surface area contributed by atoms with Crippen molar-refractivity contribution in [2.75, 3.05) is 18.8 Å². The number of hydrogen-bond donors (Lipinski definition) is 2. The number of nitrogens with one attached hydrogen (secondary N) is 1. The molecule has 1 aliphatic heterocycles. The Morgan fingerprint density at radius 3 is 2.52 bits per heavy atom. The molecule has 0 radical (unpaired) electrons. The van der Waals surface area contributed by atoms with Gasteiger partial charge in [-0.2, -0.15) is 0 Å². The number of esters is 1. The van der Waals surface area contributed by atoms with Crippen molar-refractivity contribution in [3.8, 4) is 16.9 Å². The van der Waals surface area contributed by atoms with Crippen LogP contribution in [0.3, 0.4) is 0 Å². The van der Waals surface area contributed by atoms with Crippen LogP contribution < -0.4 is 15.8 Å². The van der Waals surface area contributed by atoms with E-state index in [1.807, 2.05) is 45.0 Å². The monoisotopic (exact) mass is 393 g/mol. The van der Waals surface area contributed by atoms with Crippen molar-refractivity contribution in [2.24, 2.45) is 5.41 Å². The lowest BCUT2D eigenvalue weighted by Gasteiger charge is -2.24. The molecule has 0 bridgehead atoms. The first-order valence-electron chi connectivity index (χ1n) is 9.99. The summed E-state index contributed by atoms with van der Waals surface area (Å²) in [6.45, 7) is 7.49. The van der Waals surface area contributed by atoms with Gasteiger partial charge in [-0.3, -0.25) is 4.79 Å². The Kier molecular flexibility index (Phi) is 5.00. The standard InChI is InChI=1S/C22H27N5O2/c1-22(2,3)21(28)29-16-6-4-14(5-7-16)17-12-27(15-8-10-24-11-9-15)20-18(17)19(23)25-13-26-20/h4-7,12-13,15,24H,8-11H2,1-3H3,(H2,23,25,26). The van der Waals surface area contributed by atoms with Crippen molar-refractivity contribution >= 4 is 22.8 Å². The maximum absolute atomic E-state index is 12.1.